The molecule has 1 aliphatic carbocycles. The van der Waals surface area contributed by atoms with E-state index in [1.807, 2.05) is 20.8 Å². The van der Waals surface area contributed by atoms with Crippen molar-refractivity contribution in [2.24, 2.45) is 5.92 Å². The number of hydrogen-bond acceptors (Lipinski definition) is 6. The van der Waals surface area contributed by atoms with Gasteiger partial charge in [-0.2, -0.15) is 0 Å². The van der Waals surface area contributed by atoms with Crippen molar-refractivity contribution in [2.45, 2.75) is 78.9 Å². The van der Waals surface area contributed by atoms with Gasteiger partial charge >= 0.3 is 17.7 Å². The Hall–Kier alpha value is -2.83. The molecule has 0 saturated carbocycles. The summed E-state index contributed by atoms with van der Waals surface area (Å²) in [6, 6.07) is 2.67. The van der Waals surface area contributed by atoms with Crippen LogP contribution in [0.5, 0.6) is 5.75 Å². The van der Waals surface area contributed by atoms with Gasteiger partial charge in [-0.1, -0.05) is 13.8 Å². The van der Waals surface area contributed by atoms with Crippen LogP contribution in [0, 0.1) is 12.8 Å². The molecule has 31 heavy (non-hydrogen) atoms. The number of nitrogens with one attached hydrogen (secondary N) is 1. The molecule has 1 atom stereocenters. The Kier molecular flexibility index (Phi) is 6.43. The number of esters is 1. The van der Waals surface area contributed by atoms with Gasteiger partial charge in [-0.3, -0.25) is 0 Å². The number of rotatable bonds is 5. The minimum atomic E-state index is -0.866. The molecule has 0 spiro atoms. The molecule has 7 heteroatoms. The number of ether oxygens (including phenoxy) is 2. The number of amides is 1. The molecule has 1 heterocycles. The van der Waals surface area contributed by atoms with Crippen LogP contribution in [0.15, 0.2) is 21.3 Å². The van der Waals surface area contributed by atoms with Gasteiger partial charge in [0.05, 0.1) is 5.39 Å². The monoisotopic (exact) mass is 429 g/mol. The summed E-state index contributed by atoms with van der Waals surface area (Å²) in [6.07, 6.45) is 1.98. The van der Waals surface area contributed by atoms with Crippen molar-refractivity contribution < 1.29 is 23.5 Å². The van der Waals surface area contributed by atoms with Crippen LogP contribution in [-0.4, -0.2) is 23.7 Å². The highest BCUT2D eigenvalue weighted by atomic mass is 16.6. The number of hydrogen-bond donors (Lipinski definition) is 1. The summed E-state index contributed by atoms with van der Waals surface area (Å²) in [5.74, 6) is -0.0879. The quantitative estimate of drug-likeness (QED) is 0.429. The lowest BCUT2D eigenvalue weighted by Gasteiger charge is -2.24. The molecule has 0 aliphatic heterocycles. The number of alkyl carbamates (subject to hydrolysis) is 1. The van der Waals surface area contributed by atoms with Crippen molar-refractivity contribution in [3.05, 3.63) is 39.2 Å². The zero-order valence-corrected chi connectivity index (χ0v) is 19.1. The molecule has 3 rings (SSSR count). The highest BCUT2D eigenvalue weighted by molar-refractivity contribution is 5.92. The van der Waals surface area contributed by atoms with Crippen LogP contribution in [0.2, 0.25) is 0 Å². The molecule has 0 fully saturated rings. The maximum Gasteiger partial charge on any atom is 0.408 e. The lowest BCUT2D eigenvalue weighted by molar-refractivity contribution is -0.137. The predicted molar refractivity (Wildman–Crippen MR) is 117 cm³/mol. The zero-order chi connectivity index (χ0) is 22.9. The highest BCUT2D eigenvalue weighted by Gasteiger charge is 2.29. The van der Waals surface area contributed by atoms with Crippen molar-refractivity contribution >= 4 is 23.0 Å². The van der Waals surface area contributed by atoms with Gasteiger partial charge in [0.2, 0.25) is 0 Å². The van der Waals surface area contributed by atoms with Crippen LogP contribution in [0.1, 0.15) is 64.2 Å². The Morgan fingerprint density at radius 1 is 1.16 bits per heavy atom. The van der Waals surface area contributed by atoms with Crippen molar-refractivity contribution in [2.75, 3.05) is 0 Å². The number of carbonyl (C=O) groups is 2. The predicted octanol–water partition coefficient (Wildman–Crippen LogP) is 4.43. The lowest BCUT2D eigenvalue weighted by atomic mass is 10.0. The van der Waals surface area contributed by atoms with Gasteiger partial charge in [-0.25, -0.2) is 14.4 Å². The van der Waals surface area contributed by atoms with E-state index in [1.165, 1.54) is 0 Å². The largest absolute Gasteiger partial charge is 0.444 e. The first kappa shape index (κ1) is 22.8. The normalized spacial score (nSPS) is 14.4. The van der Waals surface area contributed by atoms with Gasteiger partial charge in [0.25, 0.3) is 0 Å². The number of carbonyl (C=O) groups excluding carboxylic acids is 2. The summed E-state index contributed by atoms with van der Waals surface area (Å²) in [4.78, 5) is 37.7. The van der Waals surface area contributed by atoms with Crippen molar-refractivity contribution in [1.82, 2.24) is 5.32 Å². The second-order valence-electron chi connectivity index (χ2n) is 9.59. The van der Waals surface area contributed by atoms with Crippen molar-refractivity contribution in [3.8, 4) is 5.75 Å². The third kappa shape index (κ3) is 5.46. The molecular weight excluding hydrogens is 398 g/mol. The minimum absolute atomic E-state index is 0.143. The molecule has 1 N–H and O–H groups in total. The maximum absolute atomic E-state index is 13.1. The van der Waals surface area contributed by atoms with Gasteiger partial charge in [-0.05, 0) is 82.6 Å². The molecule has 168 valence electrons. The minimum Gasteiger partial charge on any atom is -0.444 e. The van der Waals surface area contributed by atoms with E-state index >= 15 is 0 Å². The third-order valence-electron chi connectivity index (χ3n) is 5.07. The van der Waals surface area contributed by atoms with Crippen molar-refractivity contribution in [3.63, 3.8) is 0 Å². The average molecular weight is 430 g/mol. The number of aryl methyl sites for hydroxylation is 2. The topological polar surface area (TPSA) is 94.8 Å². The van der Waals surface area contributed by atoms with Gasteiger partial charge in [-0.15, -0.1) is 0 Å². The number of benzene rings is 1. The van der Waals surface area contributed by atoms with E-state index in [2.05, 4.69) is 5.32 Å². The van der Waals surface area contributed by atoms with Crippen LogP contribution in [0.4, 0.5) is 4.79 Å². The summed E-state index contributed by atoms with van der Waals surface area (Å²) in [7, 11) is 0. The van der Waals surface area contributed by atoms with Crippen LogP contribution < -0.4 is 15.7 Å². The van der Waals surface area contributed by atoms with Gasteiger partial charge in [0.15, 0.2) is 0 Å². The van der Waals surface area contributed by atoms with E-state index in [-0.39, 0.29) is 11.5 Å². The second kappa shape index (κ2) is 8.73. The van der Waals surface area contributed by atoms with Gasteiger partial charge in [0.1, 0.15) is 23.0 Å². The maximum atomic E-state index is 13.1. The third-order valence-corrected chi connectivity index (χ3v) is 5.07. The fraction of sp³-hybridized carbons (Fsp3) is 0.542. The summed E-state index contributed by atoms with van der Waals surface area (Å²) in [5.41, 5.74) is 1.74. The van der Waals surface area contributed by atoms with Crippen LogP contribution in [0.25, 0.3) is 11.0 Å². The SMILES string of the molecule is Cc1cc(OC(=O)[C@@H](CC(C)C)NC(=O)OC(C)(C)C)c2c3c(c(=O)oc2c1)CCC3. The molecule has 0 saturated heterocycles. The molecule has 1 aromatic carbocycles. The molecule has 0 radical (unpaired) electrons. The Balaban J connectivity index is 1.94. The van der Waals surface area contributed by atoms with E-state index in [9.17, 15) is 14.4 Å². The smallest absolute Gasteiger partial charge is 0.408 e. The Morgan fingerprint density at radius 3 is 2.48 bits per heavy atom. The second-order valence-corrected chi connectivity index (χ2v) is 9.59. The van der Waals surface area contributed by atoms with Crippen LogP contribution in [0.3, 0.4) is 0 Å². The van der Waals surface area contributed by atoms with Gasteiger partial charge < -0.3 is 19.2 Å². The summed E-state index contributed by atoms with van der Waals surface area (Å²) < 4.78 is 16.6. The van der Waals surface area contributed by atoms with E-state index in [1.54, 1.807) is 32.9 Å². The zero-order valence-electron chi connectivity index (χ0n) is 19.1. The van der Waals surface area contributed by atoms with E-state index in [4.69, 9.17) is 13.9 Å². The summed E-state index contributed by atoms with van der Waals surface area (Å²) >= 11 is 0. The molecule has 0 bridgehead atoms. The molecule has 7 nitrogen and oxygen atoms in total. The fourth-order valence-corrected chi connectivity index (χ4v) is 3.90. The fourth-order valence-electron chi connectivity index (χ4n) is 3.90. The first-order valence-electron chi connectivity index (χ1n) is 10.7. The Labute approximate surface area is 182 Å². The standard InChI is InChI=1S/C24H31NO6/c1-13(2)10-17(25-23(28)31-24(4,5)6)22(27)30-19-12-14(3)11-18-20(19)15-8-7-9-16(15)21(26)29-18/h11-13,17H,7-10H2,1-6H3,(H,25,28)/t17-/m1/s1. The first-order chi connectivity index (χ1) is 14.4. The molecule has 0 unspecified atom stereocenters. The van der Waals surface area contributed by atoms with E-state index < -0.39 is 23.7 Å². The van der Waals surface area contributed by atoms with Crippen LogP contribution in [-0.2, 0) is 22.4 Å². The Morgan fingerprint density at radius 2 is 1.84 bits per heavy atom. The summed E-state index contributed by atoms with van der Waals surface area (Å²) in [6.45, 7) is 11.0. The molecule has 2 aromatic rings. The van der Waals surface area contributed by atoms with E-state index in [0.29, 0.717) is 35.1 Å². The lowest BCUT2D eigenvalue weighted by Crippen LogP contribution is -2.45. The number of fused-ring (bicyclic) bond motifs is 3. The summed E-state index contributed by atoms with van der Waals surface area (Å²) in [5, 5.41) is 3.30. The van der Waals surface area contributed by atoms with Crippen LogP contribution >= 0.6 is 0 Å². The molecule has 1 aromatic heterocycles. The highest BCUT2D eigenvalue weighted by Crippen LogP contribution is 2.35. The first-order valence-corrected chi connectivity index (χ1v) is 10.7. The molecular formula is C24H31NO6. The Bertz CT molecular complexity index is 1060. The van der Waals surface area contributed by atoms with E-state index in [0.717, 1.165) is 24.0 Å². The molecule has 1 aliphatic rings. The van der Waals surface area contributed by atoms with Crippen molar-refractivity contribution in [1.29, 1.82) is 0 Å². The average Bonchev–Trinajstić information content (AvgIpc) is 3.08. The van der Waals surface area contributed by atoms with Gasteiger partial charge in [0, 0.05) is 5.56 Å². The molecule has 1 amide bonds.